The first kappa shape index (κ1) is 22.0. The van der Waals surface area contributed by atoms with E-state index < -0.39 is 0 Å². The fraction of sp³-hybridized carbons (Fsp3) is 0.455. The quantitative estimate of drug-likeness (QED) is 0.596. The molecular formula is C22H27ClN6OS. The number of rotatable bonds is 3. The maximum absolute atomic E-state index is 6.24. The van der Waals surface area contributed by atoms with E-state index in [4.69, 9.17) is 27.1 Å². The van der Waals surface area contributed by atoms with Crippen LogP contribution < -0.4 is 10.6 Å². The van der Waals surface area contributed by atoms with Crippen molar-refractivity contribution in [1.29, 1.82) is 0 Å². The van der Waals surface area contributed by atoms with E-state index in [0.717, 1.165) is 60.4 Å². The van der Waals surface area contributed by atoms with Gasteiger partial charge in [0.15, 0.2) is 5.65 Å². The number of fused-ring (bicyclic) bond motifs is 1. The Morgan fingerprint density at radius 2 is 1.90 bits per heavy atom. The normalized spacial score (nSPS) is 17.6. The van der Waals surface area contributed by atoms with Gasteiger partial charge in [0.25, 0.3) is 0 Å². The minimum absolute atomic E-state index is 0.314. The number of halogens is 1. The number of nitrogens with two attached hydrogens (primary N) is 1. The van der Waals surface area contributed by atoms with Crippen LogP contribution >= 0.6 is 23.4 Å². The summed E-state index contributed by atoms with van der Waals surface area (Å²) in [4.78, 5) is 21.1. The Hall–Kier alpha value is -2.16. The van der Waals surface area contributed by atoms with Crippen molar-refractivity contribution in [3.8, 4) is 0 Å². The molecule has 0 radical (unpaired) electrons. The molecule has 1 spiro atoms. The zero-order valence-electron chi connectivity index (χ0n) is 17.8. The van der Waals surface area contributed by atoms with Crippen molar-refractivity contribution in [1.82, 2.24) is 19.9 Å². The van der Waals surface area contributed by atoms with Crippen molar-refractivity contribution in [3.63, 3.8) is 0 Å². The summed E-state index contributed by atoms with van der Waals surface area (Å²) in [5.41, 5.74) is 7.57. The third-order valence-electron chi connectivity index (χ3n) is 5.79. The number of ether oxygens (including phenoxy) is 1. The standard InChI is InChI=1S/C20H21ClN6OS.C2H6/c21-17-14(3-7-23-18(17)22)29-16-2-1-13-19(26-16)24-11-15(25-13)27-8-4-20(5-9-27)6-10-28-12-20;1-2/h1-3,7,11H,4-6,8-10,12H2,(H2,22,23);1-2H3. The van der Waals surface area contributed by atoms with Crippen LogP contribution in [-0.4, -0.2) is 46.2 Å². The van der Waals surface area contributed by atoms with Crippen molar-refractivity contribution >= 4 is 46.2 Å². The van der Waals surface area contributed by atoms with E-state index in [1.165, 1.54) is 18.2 Å². The average Bonchev–Trinajstić information content (AvgIpc) is 3.26. The molecule has 5 heterocycles. The first-order valence-electron chi connectivity index (χ1n) is 10.7. The molecule has 3 aromatic heterocycles. The third-order valence-corrected chi connectivity index (χ3v) is 7.30. The first-order valence-corrected chi connectivity index (χ1v) is 11.9. The van der Waals surface area contributed by atoms with E-state index in [1.807, 2.05) is 38.2 Å². The highest BCUT2D eigenvalue weighted by molar-refractivity contribution is 7.99. The first-order chi connectivity index (χ1) is 15.1. The zero-order chi connectivity index (χ0) is 21.8. The van der Waals surface area contributed by atoms with Crippen molar-refractivity contribution in [2.75, 3.05) is 36.9 Å². The lowest BCUT2D eigenvalue weighted by atomic mass is 9.78. The SMILES string of the molecule is CC.Nc1nccc(Sc2ccc3nc(N4CCC5(CCOC5)CC4)cnc3n2)c1Cl. The number of hydrogen-bond donors (Lipinski definition) is 1. The van der Waals surface area contributed by atoms with Gasteiger partial charge in [-0.15, -0.1) is 0 Å². The number of aromatic nitrogens is 4. The molecule has 2 aliphatic heterocycles. The fourth-order valence-corrected chi connectivity index (χ4v) is 5.02. The smallest absolute Gasteiger partial charge is 0.179 e. The summed E-state index contributed by atoms with van der Waals surface area (Å²) >= 11 is 7.67. The summed E-state index contributed by atoms with van der Waals surface area (Å²) in [5, 5.41) is 1.23. The zero-order valence-corrected chi connectivity index (χ0v) is 19.4. The predicted molar refractivity (Wildman–Crippen MR) is 126 cm³/mol. The summed E-state index contributed by atoms with van der Waals surface area (Å²) < 4.78 is 5.63. The molecule has 7 nitrogen and oxygen atoms in total. The van der Waals surface area contributed by atoms with E-state index in [9.17, 15) is 0 Å². The summed E-state index contributed by atoms with van der Waals surface area (Å²) in [5.74, 6) is 1.23. The molecule has 31 heavy (non-hydrogen) atoms. The Labute approximate surface area is 191 Å². The van der Waals surface area contributed by atoms with Crippen LogP contribution in [0.15, 0.2) is 40.5 Å². The minimum Gasteiger partial charge on any atom is -0.382 e. The van der Waals surface area contributed by atoms with Gasteiger partial charge in [0.1, 0.15) is 22.2 Å². The highest BCUT2D eigenvalue weighted by atomic mass is 35.5. The molecule has 0 bridgehead atoms. The van der Waals surface area contributed by atoms with Gasteiger partial charge in [-0.25, -0.2) is 19.9 Å². The maximum Gasteiger partial charge on any atom is 0.179 e. The van der Waals surface area contributed by atoms with Crippen molar-refractivity contribution in [2.45, 2.75) is 43.0 Å². The monoisotopic (exact) mass is 458 g/mol. The second kappa shape index (κ2) is 9.54. The molecule has 0 atom stereocenters. The average molecular weight is 459 g/mol. The molecule has 0 unspecified atom stereocenters. The molecule has 5 rings (SSSR count). The molecule has 2 saturated heterocycles. The lowest BCUT2D eigenvalue weighted by molar-refractivity contribution is 0.133. The van der Waals surface area contributed by atoms with E-state index in [2.05, 4.69) is 19.9 Å². The molecule has 3 aromatic rings. The molecule has 0 saturated carbocycles. The lowest BCUT2D eigenvalue weighted by Crippen LogP contribution is -2.40. The van der Waals surface area contributed by atoms with E-state index in [-0.39, 0.29) is 0 Å². The molecule has 0 amide bonds. The number of piperidine rings is 1. The molecule has 9 heteroatoms. The predicted octanol–water partition coefficient (Wildman–Crippen LogP) is 4.84. The Balaban J connectivity index is 0.00000112. The largest absolute Gasteiger partial charge is 0.382 e. The number of hydrogen-bond acceptors (Lipinski definition) is 8. The van der Waals surface area contributed by atoms with Gasteiger partial charge in [0, 0.05) is 30.8 Å². The summed E-state index contributed by atoms with van der Waals surface area (Å²) in [6.07, 6.45) is 6.94. The topological polar surface area (TPSA) is 90.0 Å². The molecule has 0 aromatic carbocycles. The Bertz CT molecular complexity index is 1050. The minimum atomic E-state index is 0.314. The van der Waals surface area contributed by atoms with Crippen LogP contribution in [0.1, 0.15) is 33.1 Å². The van der Waals surface area contributed by atoms with Crippen LogP contribution in [0, 0.1) is 5.41 Å². The van der Waals surface area contributed by atoms with E-state index in [1.54, 1.807) is 6.20 Å². The highest BCUT2D eigenvalue weighted by Gasteiger charge is 2.38. The van der Waals surface area contributed by atoms with E-state index in [0.29, 0.717) is 21.9 Å². The van der Waals surface area contributed by atoms with Gasteiger partial charge in [0.2, 0.25) is 0 Å². The molecular weight excluding hydrogens is 432 g/mol. The lowest BCUT2D eigenvalue weighted by Gasteiger charge is -2.38. The molecule has 2 aliphatic rings. The van der Waals surface area contributed by atoms with Crippen LogP contribution in [0.4, 0.5) is 11.6 Å². The Morgan fingerprint density at radius 1 is 1.10 bits per heavy atom. The Morgan fingerprint density at radius 3 is 2.65 bits per heavy atom. The van der Waals surface area contributed by atoms with Crippen molar-refractivity contribution in [2.24, 2.45) is 5.41 Å². The fourth-order valence-electron chi connectivity index (χ4n) is 3.97. The van der Waals surface area contributed by atoms with Crippen LogP contribution in [0.25, 0.3) is 11.2 Å². The van der Waals surface area contributed by atoms with Crippen LogP contribution in [-0.2, 0) is 4.74 Å². The number of anilines is 2. The number of nitrogens with zero attached hydrogens (tertiary/aromatic N) is 5. The third kappa shape index (κ3) is 4.71. The maximum atomic E-state index is 6.24. The van der Waals surface area contributed by atoms with Gasteiger partial charge in [-0.05, 0) is 42.9 Å². The molecule has 164 valence electrons. The second-order valence-corrected chi connectivity index (χ2v) is 9.06. The second-order valence-electron chi connectivity index (χ2n) is 7.62. The summed E-state index contributed by atoms with van der Waals surface area (Å²) in [6, 6.07) is 5.71. The van der Waals surface area contributed by atoms with Gasteiger partial charge in [0.05, 0.1) is 17.8 Å². The molecule has 2 fully saturated rings. The molecule has 0 aliphatic carbocycles. The van der Waals surface area contributed by atoms with E-state index >= 15 is 0 Å². The number of nitrogen functional groups attached to an aromatic ring is 1. The van der Waals surface area contributed by atoms with Gasteiger partial charge >= 0.3 is 0 Å². The van der Waals surface area contributed by atoms with Crippen LogP contribution in [0.3, 0.4) is 0 Å². The highest BCUT2D eigenvalue weighted by Crippen LogP contribution is 2.40. The van der Waals surface area contributed by atoms with Crippen molar-refractivity contribution in [3.05, 3.63) is 35.6 Å². The summed E-state index contributed by atoms with van der Waals surface area (Å²) in [6.45, 7) is 7.79. The Kier molecular flexibility index (Phi) is 6.79. The van der Waals surface area contributed by atoms with Gasteiger partial charge in [-0.2, -0.15) is 0 Å². The number of pyridine rings is 2. The van der Waals surface area contributed by atoms with Crippen LogP contribution in [0.5, 0.6) is 0 Å². The molecule has 2 N–H and O–H groups in total. The van der Waals surface area contributed by atoms with Gasteiger partial charge in [-0.1, -0.05) is 37.2 Å². The van der Waals surface area contributed by atoms with Gasteiger partial charge < -0.3 is 15.4 Å². The van der Waals surface area contributed by atoms with Crippen molar-refractivity contribution < 1.29 is 4.74 Å². The van der Waals surface area contributed by atoms with Gasteiger partial charge in [-0.3, -0.25) is 0 Å². The summed E-state index contributed by atoms with van der Waals surface area (Å²) in [7, 11) is 0. The van der Waals surface area contributed by atoms with Crippen LogP contribution in [0.2, 0.25) is 5.02 Å².